The lowest BCUT2D eigenvalue weighted by molar-refractivity contribution is -0.154. The second kappa shape index (κ2) is 5.59. The van der Waals surface area contributed by atoms with Gasteiger partial charge in [-0.3, -0.25) is 19.4 Å². The van der Waals surface area contributed by atoms with Gasteiger partial charge in [0.05, 0.1) is 6.17 Å². The Morgan fingerprint density at radius 3 is 2.69 bits per heavy atom. The van der Waals surface area contributed by atoms with Crippen LogP contribution in [0.1, 0.15) is 18.9 Å². The number of benzene rings is 1. The molecule has 0 unspecified atom stereocenters. The van der Waals surface area contributed by atoms with Gasteiger partial charge in [0.2, 0.25) is 0 Å². The number of rotatable bonds is 2. The number of hydrogen-bond acceptors (Lipinski definition) is 5. The first-order valence-electron chi connectivity index (χ1n) is 8.76. The molecule has 26 heavy (non-hydrogen) atoms. The SMILES string of the molecule is CN1OC[C@@H](N(C(=O)O)c2ccc3c(c2)[C@]2(C)CCN(C)[C@@H]2N3C)C1=O. The molecule has 3 atom stereocenters. The molecule has 2 amide bonds. The van der Waals surface area contributed by atoms with E-state index in [1.54, 1.807) is 6.07 Å². The number of carboxylic acid groups (broad SMARTS) is 1. The Balaban J connectivity index is 1.77. The van der Waals surface area contributed by atoms with Crippen LogP contribution < -0.4 is 9.80 Å². The summed E-state index contributed by atoms with van der Waals surface area (Å²) in [5.41, 5.74) is 2.70. The van der Waals surface area contributed by atoms with Gasteiger partial charge in [-0.05, 0) is 37.2 Å². The van der Waals surface area contributed by atoms with Crippen LogP contribution in [0.15, 0.2) is 18.2 Å². The molecule has 3 heterocycles. The number of nitrogens with zero attached hydrogens (tertiary/aromatic N) is 4. The van der Waals surface area contributed by atoms with Crippen molar-refractivity contribution in [3.8, 4) is 0 Å². The first-order valence-corrected chi connectivity index (χ1v) is 8.76. The monoisotopic (exact) mass is 360 g/mol. The molecule has 1 N–H and O–H groups in total. The molecule has 8 nitrogen and oxygen atoms in total. The molecule has 0 aliphatic carbocycles. The molecule has 1 aromatic carbocycles. The minimum Gasteiger partial charge on any atom is -0.465 e. The molecule has 3 aliphatic rings. The smallest absolute Gasteiger partial charge is 0.412 e. The summed E-state index contributed by atoms with van der Waals surface area (Å²) in [7, 11) is 5.70. The number of fused-ring (bicyclic) bond motifs is 3. The van der Waals surface area contributed by atoms with Crippen LogP contribution in [0.5, 0.6) is 0 Å². The second-order valence-electron chi connectivity index (χ2n) is 7.63. The van der Waals surface area contributed by atoms with E-state index in [-0.39, 0.29) is 24.1 Å². The minimum atomic E-state index is -1.15. The van der Waals surface area contributed by atoms with Gasteiger partial charge in [-0.25, -0.2) is 9.86 Å². The fraction of sp³-hybridized carbons (Fsp3) is 0.556. The number of carbonyl (C=O) groups excluding carboxylic acids is 1. The predicted molar refractivity (Wildman–Crippen MR) is 96.2 cm³/mol. The molecule has 140 valence electrons. The number of hydrogen-bond donors (Lipinski definition) is 1. The van der Waals surface area contributed by atoms with Gasteiger partial charge >= 0.3 is 6.09 Å². The predicted octanol–water partition coefficient (Wildman–Crippen LogP) is 1.31. The van der Waals surface area contributed by atoms with E-state index in [1.165, 1.54) is 7.05 Å². The van der Waals surface area contributed by atoms with Gasteiger partial charge in [0.1, 0.15) is 12.6 Å². The Morgan fingerprint density at radius 2 is 2.08 bits per heavy atom. The van der Waals surface area contributed by atoms with E-state index in [9.17, 15) is 14.7 Å². The molecular weight excluding hydrogens is 336 g/mol. The first kappa shape index (κ1) is 17.1. The molecule has 2 fully saturated rings. The fourth-order valence-corrected chi connectivity index (χ4v) is 4.85. The summed E-state index contributed by atoms with van der Waals surface area (Å²) in [4.78, 5) is 35.1. The molecule has 0 bridgehead atoms. The van der Waals surface area contributed by atoms with Crippen molar-refractivity contribution in [2.45, 2.75) is 31.0 Å². The minimum absolute atomic E-state index is 0.0290. The van der Waals surface area contributed by atoms with Crippen LogP contribution in [0.2, 0.25) is 0 Å². The number of amides is 2. The summed E-state index contributed by atoms with van der Waals surface area (Å²) < 4.78 is 0. The number of likely N-dealkylation sites (tertiary alicyclic amines) is 1. The van der Waals surface area contributed by atoms with Crippen molar-refractivity contribution in [2.75, 3.05) is 44.1 Å². The van der Waals surface area contributed by atoms with Crippen LogP contribution in [0.3, 0.4) is 0 Å². The van der Waals surface area contributed by atoms with Crippen molar-refractivity contribution in [1.29, 1.82) is 0 Å². The van der Waals surface area contributed by atoms with Crippen LogP contribution >= 0.6 is 0 Å². The van der Waals surface area contributed by atoms with Crippen molar-refractivity contribution >= 4 is 23.4 Å². The highest BCUT2D eigenvalue weighted by molar-refractivity contribution is 5.97. The van der Waals surface area contributed by atoms with Crippen LogP contribution in [0.25, 0.3) is 0 Å². The molecule has 0 spiro atoms. The third-order valence-corrected chi connectivity index (χ3v) is 6.13. The standard InChI is InChI=1S/C18H24N4O4/c1-18-7-8-19(2)16(18)20(3)13-6-5-11(9-12(13)18)22(17(24)25)14-10-26-21(4)15(14)23/h5-6,9,14,16H,7-8,10H2,1-4H3,(H,24,25)/t14-,16-,18+/m1/s1. The Kier molecular flexibility index (Phi) is 3.68. The number of hydroxylamine groups is 2. The van der Waals surface area contributed by atoms with Crippen LogP contribution in [0.4, 0.5) is 16.2 Å². The highest BCUT2D eigenvalue weighted by atomic mass is 16.7. The third-order valence-electron chi connectivity index (χ3n) is 6.13. The molecule has 3 aliphatic heterocycles. The van der Waals surface area contributed by atoms with E-state index in [0.29, 0.717) is 5.69 Å². The van der Waals surface area contributed by atoms with Gasteiger partial charge in [-0.2, -0.15) is 0 Å². The number of anilines is 2. The van der Waals surface area contributed by atoms with Gasteiger partial charge in [0.25, 0.3) is 5.91 Å². The lowest BCUT2D eigenvalue weighted by Gasteiger charge is -2.32. The van der Waals surface area contributed by atoms with E-state index in [2.05, 4.69) is 30.8 Å². The van der Waals surface area contributed by atoms with Crippen LogP contribution in [0, 0.1) is 0 Å². The van der Waals surface area contributed by atoms with Crippen molar-refractivity contribution in [1.82, 2.24) is 9.96 Å². The van der Waals surface area contributed by atoms with E-state index in [1.807, 2.05) is 12.1 Å². The summed E-state index contributed by atoms with van der Waals surface area (Å²) >= 11 is 0. The Hall–Kier alpha value is -2.32. The highest BCUT2D eigenvalue weighted by Crippen LogP contribution is 2.51. The summed E-state index contributed by atoms with van der Waals surface area (Å²) in [6, 6.07) is 4.82. The summed E-state index contributed by atoms with van der Waals surface area (Å²) in [6.07, 6.45) is 0.114. The zero-order chi connectivity index (χ0) is 18.8. The second-order valence-corrected chi connectivity index (χ2v) is 7.63. The Labute approximate surface area is 152 Å². The Bertz CT molecular complexity index is 784. The summed E-state index contributed by atoms with van der Waals surface area (Å²) in [5, 5.41) is 10.9. The molecule has 8 heteroatoms. The average molecular weight is 360 g/mol. The highest BCUT2D eigenvalue weighted by Gasteiger charge is 2.52. The fourth-order valence-electron chi connectivity index (χ4n) is 4.85. The van der Waals surface area contributed by atoms with Crippen LogP contribution in [-0.4, -0.2) is 73.6 Å². The van der Waals surface area contributed by atoms with Gasteiger partial charge < -0.3 is 10.0 Å². The van der Waals surface area contributed by atoms with Crippen molar-refractivity contribution in [3.05, 3.63) is 23.8 Å². The van der Waals surface area contributed by atoms with E-state index >= 15 is 0 Å². The molecule has 2 saturated heterocycles. The van der Waals surface area contributed by atoms with Crippen molar-refractivity contribution in [3.63, 3.8) is 0 Å². The summed E-state index contributed by atoms with van der Waals surface area (Å²) in [5.74, 6) is -0.352. The lowest BCUT2D eigenvalue weighted by atomic mass is 9.81. The van der Waals surface area contributed by atoms with E-state index < -0.39 is 12.1 Å². The van der Waals surface area contributed by atoms with E-state index in [4.69, 9.17) is 4.84 Å². The van der Waals surface area contributed by atoms with Gasteiger partial charge in [0.15, 0.2) is 0 Å². The van der Waals surface area contributed by atoms with Gasteiger partial charge in [-0.1, -0.05) is 6.92 Å². The average Bonchev–Trinajstić information content (AvgIpc) is 3.15. The number of likely N-dealkylation sites (N-methyl/N-ethyl adjacent to an activating group) is 3. The lowest BCUT2D eigenvalue weighted by Crippen LogP contribution is -2.46. The maximum atomic E-state index is 12.3. The number of carbonyl (C=O) groups is 2. The maximum Gasteiger partial charge on any atom is 0.412 e. The topological polar surface area (TPSA) is 76.6 Å². The molecule has 4 rings (SSSR count). The van der Waals surface area contributed by atoms with Crippen molar-refractivity contribution < 1.29 is 19.5 Å². The van der Waals surface area contributed by atoms with Crippen LogP contribution in [-0.2, 0) is 15.0 Å². The third kappa shape index (κ3) is 2.15. The molecule has 1 aromatic rings. The van der Waals surface area contributed by atoms with Gasteiger partial charge in [0, 0.05) is 37.4 Å². The zero-order valence-corrected chi connectivity index (χ0v) is 15.5. The first-order chi connectivity index (χ1) is 12.3. The normalized spacial score (nSPS) is 30.7. The van der Waals surface area contributed by atoms with Gasteiger partial charge in [-0.15, -0.1) is 0 Å². The molecular formula is C18H24N4O4. The van der Waals surface area contributed by atoms with E-state index in [0.717, 1.165) is 34.2 Å². The maximum absolute atomic E-state index is 12.3. The molecule has 0 aromatic heterocycles. The largest absolute Gasteiger partial charge is 0.465 e. The summed E-state index contributed by atoms with van der Waals surface area (Å²) in [6.45, 7) is 3.26. The molecule has 0 radical (unpaired) electrons. The Morgan fingerprint density at radius 1 is 1.35 bits per heavy atom. The van der Waals surface area contributed by atoms with Crippen molar-refractivity contribution in [2.24, 2.45) is 0 Å². The molecule has 0 saturated carbocycles. The quantitative estimate of drug-likeness (QED) is 0.857. The zero-order valence-electron chi connectivity index (χ0n) is 15.5.